The zero-order valence-electron chi connectivity index (χ0n) is 22.3. The van der Waals surface area contributed by atoms with Gasteiger partial charge < -0.3 is 24.3 Å². The molecular formula is C30H30ClN3O5S. The summed E-state index contributed by atoms with van der Waals surface area (Å²) in [5.74, 6) is 2.61. The molecule has 1 aromatic heterocycles. The van der Waals surface area contributed by atoms with Gasteiger partial charge in [-0.1, -0.05) is 35.9 Å². The third-order valence-corrected chi connectivity index (χ3v) is 7.60. The molecule has 5 rings (SSSR count). The first kappa shape index (κ1) is 27.8. The van der Waals surface area contributed by atoms with Crippen LogP contribution in [0, 0.1) is 0 Å². The Labute approximate surface area is 242 Å². The number of carbonyl (C=O) groups is 1. The fourth-order valence-electron chi connectivity index (χ4n) is 4.39. The van der Waals surface area contributed by atoms with E-state index >= 15 is 0 Å². The van der Waals surface area contributed by atoms with Crippen molar-refractivity contribution in [1.29, 1.82) is 0 Å². The Kier molecular flexibility index (Phi) is 9.05. The SMILES string of the molecule is COc1ccc(CCN(Cc2ccc(Cl)cc2)Cc2nc(C(=O)NCc3ccc4c(c3)OCO4)cs2)cc1OC. The maximum absolute atomic E-state index is 12.8. The van der Waals surface area contributed by atoms with Crippen molar-refractivity contribution in [2.24, 2.45) is 0 Å². The second kappa shape index (κ2) is 13.0. The first-order valence-corrected chi connectivity index (χ1v) is 14.1. The Hall–Kier alpha value is -3.79. The Bertz CT molecular complexity index is 1460. The smallest absolute Gasteiger partial charge is 0.271 e. The number of fused-ring (bicyclic) bond motifs is 1. The molecule has 0 spiro atoms. The Morgan fingerprint density at radius 1 is 0.950 bits per heavy atom. The lowest BCUT2D eigenvalue weighted by atomic mass is 10.1. The van der Waals surface area contributed by atoms with Crippen molar-refractivity contribution < 1.29 is 23.7 Å². The van der Waals surface area contributed by atoms with Gasteiger partial charge in [0.2, 0.25) is 6.79 Å². The van der Waals surface area contributed by atoms with Gasteiger partial charge in [0.1, 0.15) is 10.7 Å². The largest absolute Gasteiger partial charge is 0.493 e. The third kappa shape index (κ3) is 7.04. The fourth-order valence-corrected chi connectivity index (χ4v) is 5.33. The van der Waals surface area contributed by atoms with Gasteiger partial charge in [0, 0.05) is 30.0 Å². The summed E-state index contributed by atoms with van der Waals surface area (Å²) >= 11 is 7.58. The Balaban J connectivity index is 1.23. The lowest BCUT2D eigenvalue weighted by Crippen LogP contribution is -2.26. The number of hydrogen-bond donors (Lipinski definition) is 1. The monoisotopic (exact) mass is 579 g/mol. The summed E-state index contributed by atoms with van der Waals surface area (Å²) in [6, 6.07) is 19.5. The van der Waals surface area contributed by atoms with Crippen LogP contribution in [0.4, 0.5) is 0 Å². The van der Waals surface area contributed by atoms with Crippen LogP contribution in [0.1, 0.15) is 32.2 Å². The normalized spacial score (nSPS) is 12.0. The number of hydrogen-bond acceptors (Lipinski definition) is 8. The number of benzene rings is 3. The standard InChI is InChI=1S/C30H30ClN3O5S/c1-36-25-9-5-20(13-27(25)37-2)11-12-34(16-21-3-7-23(31)8-4-21)17-29-33-24(18-40-29)30(35)32-15-22-6-10-26-28(14-22)39-19-38-26/h3-10,13-14,18H,11-12,15-17,19H2,1-2H3,(H,32,35). The summed E-state index contributed by atoms with van der Waals surface area (Å²) in [5, 5.41) is 6.33. The van der Waals surface area contributed by atoms with Crippen LogP contribution < -0.4 is 24.3 Å². The summed E-state index contributed by atoms with van der Waals surface area (Å²) in [6.45, 7) is 2.70. The van der Waals surface area contributed by atoms with Crippen LogP contribution in [-0.4, -0.2) is 43.3 Å². The quantitative estimate of drug-likeness (QED) is 0.230. The number of halogens is 1. The highest BCUT2D eigenvalue weighted by molar-refractivity contribution is 7.09. The van der Waals surface area contributed by atoms with Crippen LogP contribution in [0.2, 0.25) is 5.02 Å². The fraction of sp³-hybridized carbons (Fsp3) is 0.267. The average Bonchev–Trinajstić information content (AvgIpc) is 3.65. The molecule has 0 unspecified atom stereocenters. The molecule has 0 aliphatic carbocycles. The molecule has 208 valence electrons. The van der Waals surface area contributed by atoms with E-state index in [1.165, 1.54) is 11.3 Å². The topological polar surface area (TPSA) is 82.2 Å². The molecule has 1 amide bonds. The van der Waals surface area contributed by atoms with Gasteiger partial charge in [-0.05, 0) is 59.5 Å². The predicted molar refractivity (Wildman–Crippen MR) is 155 cm³/mol. The van der Waals surface area contributed by atoms with E-state index in [4.69, 9.17) is 30.5 Å². The second-order valence-electron chi connectivity index (χ2n) is 9.27. The Morgan fingerprint density at radius 2 is 1.70 bits per heavy atom. The summed E-state index contributed by atoms with van der Waals surface area (Å²) < 4.78 is 21.6. The van der Waals surface area contributed by atoms with Gasteiger partial charge in [0.05, 0.1) is 20.8 Å². The molecular weight excluding hydrogens is 550 g/mol. The number of nitrogens with zero attached hydrogens (tertiary/aromatic N) is 2. The minimum absolute atomic E-state index is 0.213. The molecule has 2 heterocycles. The third-order valence-electron chi connectivity index (χ3n) is 6.52. The molecule has 0 bridgehead atoms. The Morgan fingerprint density at radius 3 is 2.50 bits per heavy atom. The molecule has 0 atom stereocenters. The number of methoxy groups -OCH3 is 2. The molecule has 1 N–H and O–H groups in total. The van der Waals surface area contributed by atoms with Crippen molar-refractivity contribution in [1.82, 2.24) is 15.2 Å². The van der Waals surface area contributed by atoms with Crippen molar-refractivity contribution in [2.75, 3.05) is 27.6 Å². The molecule has 8 nitrogen and oxygen atoms in total. The van der Waals surface area contributed by atoms with Crippen LogP contribution in [0.25, 0.3) is 0 Å². The van der Waals surface area contributed by atoms with Crippen LogP contribution in [0.3, 0.4) is 0 Å². The van der Waals surface area contributed by atoms with Crippen molar-refractivity contribution in [3.63, 3.8) is 0 Å². The minimum Gasteiger partial charge on any atom is -0.493 e. The van der Waals surface area contributed by atoms with Crippen LogP contribution in [0.5, 0.6) is 23.0 Å². The van der Waals surface area contributed by atoms with Crippen molar-refractivity contribution in [3.8, 4) is 23.0 Å². The first-order valence-electron chi connectivity index (χ1n) is 12.8. The molecule has 0 radical (unpaired) electrons. The molecule has 0 saturated carbocycles. The van der Waals surface area contributed by atoms with E-state index in [9.17, 15) is 4.79 Å². The second-order valence-corrected chi connectivity index (χ2v) is 10.7. The zero-order valence-corrected chi connectivity index (χ0v) is 23.9. The predicted octanol–water partition coefficient (Wildman–Crippen LogP) is 5.72. The lowest BCUT2D eigenvalue weighted by Gasteiger charge is -2.22. The van der Waals surface area contributed by atoms with E-state index in [1.807, 2.05) is 60.7 Å². The van der Waals surface area contributed by atoms with Gasteiger partial charge in [-0.3, -0.25) is 9.69 Å². The van der Waals surface area contributed by atoms with Crippen LogP contribution in [0.15, 0.2) is 66.0 Å². The first-order chi connectivity index (χ1) is 19.5. The van der Waals surface area contributed by atoms with Crippen molar-refractivity contribution >= 4 is 28.8 Å². The van der Waals surface area contributed by atoms with E-state index < -0.39 is 0 Å². The van der Waals surface area contributed by atoms with Gasteiger partial charge in [0.15, 0.2) is 23.0 Å². The number of thiazole rings is 1. The minimum atomic E-state index is -0.213. The van der Waals surface area contributed by atoms with E-state index in [-0.39, 0.29) is 12.7 Å². The molecule has 1 aliphatic rings. The van der Waals surface area contributed by atoms with Crippen LogP contribution in [-0.2, 0) is 26.1 Å². The molecule has 40 heavy (non-hydrogen) atoms. The van der Waals surface area contributed by atoms with Gasteiger partial charge in [-0.25, -0.2) is 4.98 Å². The number of rotatable bonds is 12. The molecule has 0 fully saturated rings. The number of ether oxygens (including phenoxy) is 4. The van der Waals surface area contributed by atoms with Gasteiger partial charge in [-0.2, -0.15) is 0 Å². The zero-order chi connectivity index (χ0) is 27.9. The molecule has 0 saturated heterocycles. The average molecular weight is 580 g/mol. The van der Waals surface area contributed by atoms with Gasteiger partial charge in [-0.15, -0.1) is 11.3 Å². The summed E-state index contributed by atoms with van der Waals surface area (Å²) in [4.78, 5) is 19.8. The number of amides is 1. The summed E-state index contributed by atoms with van der Waals surface area (Å²) in [5.41, 5.74) is 3.63. The van der Waals surface area contributed by atoms with Crippen molar-refractivity contribution in [3.05, 3.63) is 98.5 Å². The van der Waals surface area contributed by atoms with E-state index in [1.54, 1.807) is 19.6 Å². The molecule has 4 aromatic rings. The van der Waals surface area contributed by atoms with E-state index in [0.717, 1.165) is 41.2 Å². The number of aromatic nitrogens is 1. The van der Waals surface area contributed by atoms with Crippen molar-refractivity contribution in [2.45, 2.75) is 26.1 Å². The van der Waals surface area contributed by atoms with E-state index in [2.05, 4.69) is 15.2 Å². The highest BCUT2D eigenvalue weighted by atomic mass is 35.5. The molecule has 1 aliphatic heterocycles. The maximum atomic E-state index is 12.8. The number of nitrogens with one attached hydrogen (secondary N) is 1. The van der Waals surface area contributed by atoms with Crippen LogP contribution >= 0.6 is 22.9 Å². The van der Waals surface area contributed by atoms with Gasteiger partial charge in [0.25, 0.3) is 5.91 Å². The summed E-state index contributed by atoms with van der Waals surface area (Å²) in [6.07, 6.45) is 0.808. The molecule has 10 heteroatoms. The number of carbonyl (C=O) groups excluding carboxylic acids is 1. The van der Waals surface area contributed by atoms with Gasteiger partial charge >= 0.3 is 0 Å². The van der Waals surface area contributed by atoms with E-state index in [0.29, 0.717) is 46.8 Å². The highest BCUT2D eigenvalue weighted by Crippen LogP contribution is 2.32. The highest BCUT2D eigenvalue weighted by Gasteiger charge is 2.17. The molecule has 3 aromatic carbocycles. The maximum Gasteiger partial charge on any atom is 0.271 e. The lowest BCUT2D eigenvalue weighted by molar-refractivity contribution is 0.0946. The summed E-state index contributed by atoms with van der Waals surface area (Å²) in [7, 11) is 3.27.